The summed E-state index contributed by atoms with van der Waals surface area (Å²) >= 11 is 3.46. The second-order valence-electron chi connectivity index (χ2n) is 5.36. The van der Waals surface area contributed by atoms with Gasteiger partial charge in [-0.25, -0.2) is 8.42 Å². The molecule has 0 aliphatic rings. The monoisotopic (exact) mass is 409 g/mol. The van der Waals surface area contributed by atoms with E-state index in [1.807, 2.05) is 31.2 Å². The second-order valence-corrected chi connectivity index (χ2v) is 8.15. The van der Waals surface area contributed by atoms with Gasteiger partial charge in [0.15, 0.2) is 0 Å². The van der Waals surface area contributed by atoms with Gasteiger partial charge in [0, 0.05) is 17.6 Å². The molecule has 0 aliphatic carbocycles. The van der Waals surface area contributed by atoms with Crippen LogP contribution in [0.2, 0.25) is 0 Å². The van der Waals surface area contributed by atoms with E-state index in [9.17, 15) is 8.42 Å². The Morgan fingerprint density at radius 2 is 1.75 bits per heavy atom. The molecule has 0 fully saturated rings. The molecule has 0 saturated heterocycles. The molecule has 1 N–H and O–H groups in total. The van der Waals surface area contributed by atoms with E-state index >= 15 is 0 Å². The average molecular weight is 410 g/mol. The Bertz CT molecular complexity index is 801. The van der Waals surface area contributed by atoms with Gasteiger partial charge in [0.1, 0.15) is 0 Å². The minimum atomic E-state index is -3.63. The zero-order valence-electron chi connectivity index (χ0n) is 13.4. The smallest absolute Gasteiger partial charge is 0.243 e. The van der Waals surface area contributed by atoms with Gasteiger partial charge in [-0.05, 0) is 30.7 Å². The van der Waals surface area contributed by atoms with E-state index in [1.54, 1.807) is 30.3 Å². The van der Waals surface area contributed by atoms with Crippen molar-refractivity contribution < 1.29 is 13.5 Å². The number of hydrogen-bond acceptors (Lipinski definition) is 3. The minimum absolute atomic E-state index is 0.118. The average Bonchev–Trinajstić information content (AvgIpc) is 2.56. The lowest BCUT2D eigenvalue weighted by Gasteiger charge is -2.21. The number of nitrogens with zero attached hydrogens (tertiary/aromatic N) is 1. The van der Waals surface area contributed by atoms with Crippen LogP contribution in [0, 0.1) is 6.92 Å². The van der Waals surface area contributed by atoms with Crippen LogP contribution in [0.4, 0.5) is 0 Å². The summed E-state index contributed by atoms with van der Waals surface area (Å²) in [5.74, 6) is 0. The molecule has 0 aromatic heterocycles. The molecular formula is C18H20BrNO3S. The van der Waals surface area contributed by atoms with Crippen molar-refractivity contribution in [2.45, 2.75) is 18.4 Å². The maximum atomic E-state index is 13.0. The van der Waals surface area contributed by atoms with Gasteiger partial charge >= 0.3 is 0 Å². The molecule has 24 heavy (non-hydrogen) atoms. The van der Waals surface area contributed by atoms with E-state index in [0.29, 0.717) is 0 Å². The van der Waals surface area contributed by atoms with E-state index in [4.69, 9.17) is 5.11 Å². The van der Waals surface area contributed by atoms with E-state index in [1.165, 1.54) is 10.4 Å². The van der Waals surface area contributed by atoms with Crippen LogP contribution in [0.5, 0.6) is 0 Å². The highest BCUT2D eigenvalue weighted by Gasteiger charge is 2.24. The zero-order chi connectivity index (χ0) is 17.6. The van der Waals surface area contributed by atoms with Crippen LogP contribution in [0.3, 0.4) is 0 Å². The number of benzene rings is 2. The Balaban J connectivity index is 2.35. The van der Waals surface area contributed by atoms with Crippen LogP contribution in [0.1, 0.15) is 11.1 Å². The lowest BCUT2D eigenvalue weighted by molar-refractivity contribution is 0.341. The largest absolute Gasteiger partial charge is 0.392 e. The van der Waals surface area contributed by atoms with Crippen LogP contribution in [-0.4, -0.2) is 31.0 Å². The summed E-state index contributed by atoms with van der Waals surface area (Å²) < 4.78 is 28.2. The van der Waals surface area contributed by atoms with Crippen molar-refractivity contribution in [3.05, 3.63) is 76.3 Å². The van der Waals surface area contributed by atoms with Gasteiger partial charge in [-0.15, -0.1) is 0 Å². The van der Waals surface area contributed by atoms with Crippen molar-refractivity contribution in [3.63, 3.8) is 0 Å². The molecule has 0 bridgehead atoms. The number of rotatable bonds is 7. The summed E-state index contributed by atoms with van der Waals surface area (Å²) in [6, 6.07) is 14.3. The summed E-state index contributed by atoms with van der Waals surface area (Å²) in [7, 11) is -3.63. The topological polar surface area (TPSA) is 57.6 Å². The van der Waals surface area contributed by atoms with Gasteiger partial charge < -0.3 is 5.11 Å². The molecule has 0 amide bonds. The van der Waals surface area contributed by atoms with Gasteiger partial charge in [-0.3, -0.25) is 0 Å². The van der Waals surface area contributed by atoms with Crippen molar-refractivity contribution in [2.75, 3.05) is 13.2 Å². The molecule has 0 radical (unpaired) electrons. The van der Waals surface area contributed by atoms with Crippen LogP contribution in [0.25, 0.3) is 0 Å². The highest BCUT2D eigenvalue weighted by atomic mass is 79.9. The molecule has 0 unspecified atom stereocenters. The summed E-state index contributed by atoms with van der Waals surface area (Å²) in [6.07, 6.45) is 3.19. The number of halogens is 1. The maximum Gasteiger partial charge on any atom is 0.243 e. The molecule has 0 saturated carbocycles. The first-order valence-corrected chi connectivity index (χ1v) is 9.74. The molecule has 6 heteroatoms. The molecule has 2 aromatic carbocycles. The normalized spacial score (nSPS) is 12.2. The summed E-state index contributed by atoms with van der Waals surface area (Å²) in [5, 5.41) is 8.90. The number of aryl methyl sites for hydroxylation is 1. The summed E-state index contributed by atoms with van der Waals surface area (Å²) in [5.41, 5.74) is 1.89. The molecule has 0 aliphatic heterocycles. The van der Waals surface area contributed by atoms with Crippen LogP contribution in [0.15, 0.2) is 70.1 Å². The van der Waals surface area contributed by atoms with E-state index < -0.39 is 10.0 Å². The molecule has 2 rings (SSSR count). The number of sulfonamides is 1. The second kappa shape index (κ2) is 8.58. The van der Waals surface area contributed by atoms with E-state index in [-0.39, 0.29) is 24.6 Å². The first kappa shape index (κ1) is 18.9. The van der Waals surface area contributed by atoms with Crippen molar-refractivity contribution in [2.24, 2.45) is 0 Å². The van der Waals surface area contributed by atoms with E-state index in [0.717, 1.165) is 15.6 Å². The molecule has 128 valence electrons. The highest BCUT2D eigenvalue weighted by molar-refractivity contribution is 9.10. The fourth-order valence-electron chi connectivity index (χ4n) is 2.19. The Morgan fingerprint density at radius 3 is 2.38 bits per heavy atom. The number of hydrogen-bond donors (Lipinski definition) is 1. The molecular weight excluding hydrogens is 390 g/mol. The Labute approximate surface area is 151 Å². The molecule has 0 heterocycles. The van der Waals surface area contributed by atoms with Gasteiger partial charge in [-0.2, -0.15) is 4.31 Å². The first-order chi connectivity index (χ1) is 11.4. The Kier molecular flexibility index (Phi) is 6.74. The number of aliphatic hydroxyl groups excluding tert-OH is 1. The predicted octanol–water partition coefficient (Wildman–Crippen LogP) is 3.50. The van der Waals surface area contributed by atoms with Crippen molar-refractivity contribution in [1.82, 2.24) is 4.31 Å². The molecule has 0 atom stereocenters. The first-order valence-electron chi connectivity index (χ1n) is 7.51. The van der Waals surface area contributed by atoms with E-state index in [2.05, 4.69) is 15.9 Å². The third-order valence-corrected chi connectivity index (χ3v) is 6.14. The molecule has 0 spiro atoms. The molecule has 2 aromatic rings. The fraction of sp³-hybridized carbons (Fsp3) is 0.222. The Morgan fingerprint density at radius 1 is 1.08 bits per heavy atom. The maximum absolute atomic E-state index is 13.0. The van der Waals surface area contributed by atoms with Crippen molar-refractivity contribution >= 4 is 26.0 Å². The Hall–Kier alpha value is -1.47. The van der Waals surface area contributed by atoms with Crippen LogP contribution >= 0.6 is 15.9 Å². The summed E-state index contributed by atoms with van der Waals surface area (Å²) in [4.78, 5) is 0.262. The third kappa shape index (κ3) is 4.77. The highest BCUT2D eigenvalue weighted by Crippen LogP contribution is 2.23. The quantitative estimate of drug-likeness (QED) is 0.711. The van der Waals surface area contributed by atoms with Crippen molar-refractivity contribution in [3.8, 4) is 0 Å². The third-order valence-electron chi connectivity index (χ3n) is 3.54. The van der Waals surface area contributed by atoms with Gasteiger partial charge in [-0.1, -0.05) is 64.0 Å². The van der Waals surface area contributed by atoms with Gasteiger partial charge in [0.2, 0.25) is 10.0 Å². The van der Waals surface area contributed by atoms with Crippen molar-refractivity contribution in [1.29, 1.82) is 0 Å². The number of aliphatic hydroxyl groups is 1. The van der Waals surface area contributed by atoms with Crippen LogP contribution < -0.4 is 0 Å². The zero-order valence-corrected chi connectivity index (χ0v) is 15.8. The molecule has 4 nitrogen and oxygen atoms in total. The fourth-order valence-corrected chi connectivity index (χ4v) is 3.97. The lowest BCUT2D eigenvalue weighted by atomic mass is 10.2. The SMILES string of the molecule is Cc1ccc(S(=O)(=O)N(C/C=C\CO)Cc2ccccc2Br)cc1. The predicted molar refractivity (Wildman–Crippen MR) is 99.1 cm³/mol. The van der Waals surface area contributed by atoms with Crippen LogP contribution in [-0.2, 0) is 16.6 Å². The van der Waals surface area contributed by atoms with Gasteiger partial charge in [0.05, 0.1) is 11.5 Å². The standard InChI is InChI=1S/C18H20BrNO3S/c1-15-8-10-17(11-9-15)24(22,23)20(12-4-5-13-21)14-16-6-2-3-7-18(16)19/h2-11,21H,12-14H2,1H3/b5-4-. The van der Waals surface area contributed by atoms with Gasteiger partial charge in [0.25, 0.3) is 0 Å². The lowest BCUT2D eigenvalue weighted by Crippen LogP contribution is -2.31. The summed E-state index contributed by atoms with van der Waals surface area (Å²) in [6.45, 7) is 2.23. The minimum Gasteiger partial charge on any atom is -0.392 e.